The monoisotopic (exact) mass is 408 g/mol. The Bertz CT molecular complexity index is 734. The number of nitrogens with one attached hydrogen (secondary N) is 1. The molecule has 0 bridgehead atoms. The molecule has 1 fully saturated rings. The average molecular weight is 410 g/mol. The molecule has 1 saturated heterocycles. The molecule has 0 unspecified atom stereocenters. The Hall–Kier alpha value is -1.66. The third kappa shape index (κ3) is 4.05. The molecule has 126 valence electrons. The van der Waals surface area contributed by atoms with Gasteiger partial charge in [0.1, 0.15) is 0 Å². The van der Waals surface area contributed by atoms with Crippen molar-refractivity contribution in [1.82, 2.24) is 15.3 Å². The molecule has 1 aromatic carbocycles. The van der Waals surface area contributed by atoms with E-state index in [2.05, 4.69) is 36.1 Å². The van der Waals surface area contributed by atoms with E-state index < -0.39 is 0 Å². The molecule has 1 N–H and O–H groups in total. The molecule has 7 heteroatoms. The van der Waals surface area contributed by atoms with Gasteiger partial charge in [0.2, 0.25) is 5.95 Å². The lowest BCUT2D eigenvalue weighted by Crippen LogP contribution is -2.28. The fourth-order valence-corrected chi connectivity index (χ4v) is 3.34. The van der Waals surface area contributed by atoms with Crippen molar-refractivity contribution < 1.29 is 4.79 Å². The number of nitrogens with zero attached hydrogens (tertiary/aromatic N) is 3. The van der Waals surface area contributed by atoms with E-state index in [1.807, 2.05) is 24.3 Å². The van der Waals surface area contributed by atoms with Crippen LogP contribution in [0.2, 0.25) is 5.02 Å². The van der Waals surface area contributed by atoms with E-state index in [1.165, 1.54) is 6.20 Å². The van der Waals surface area contributed by atoms with Crippen LogP contribution in [0.4, 0.5) is 5.95 Å². The van der Waals surface area contributed by atoms with E-state index in [1.54, 1.807) is 0 Å². The molecular formula is C17H18BrClN4O. The van der Waals surface area contributed by atoms with Crippen molar-refractivity contribution in [3.63, 3.8) is 0 Å². The highest BCUT2D eigenvalue weighted by Crippen LogP contribution is 2.20. The fraction of sp³-hybridized carbons (Fsp3) is 0.353. The number of halogens is 2. The summed E-state index contributed by atoms with van der Waals surface area (Å²) in [6, 6.07) is 7.96. The first-order chi connectivity index (χ1) is 11.6. The first-order valence-corrected chi connectivity index (χ1v) is 9.11. The normalized spacial score (nSPS) is 14.0. The average Bonchev–Trinajstić information content (AvgIpc) is 3.11. The molecule has 24 heavy (non-hydrogen) atoms. The second-order valence-electron chi connectivity index (χ2n) is 5.66. The molecule has 3 rings (SSSR count). The summed E-state index contributed by atoms with van der Waals surface area (Å²) in [4.78, 5) is 23.1. The Morgan fingerprint density at radius 2 is 2.04 bits per heavy atom. The Labute approximate surface area is 154 Å². The third-order valence-electron chi connectivity index (χ3n) is 3.97. The fourth-order valence-electron chi connectivity index (χ4n) is 2.68. The molecule has 1 aliphatic rings. The summed E-state index contributed by atoms with van der Waals surface area (Å²) in [5.41, 5.74) is 1.38. The van der Waals surface area contributed by atoms with E-state index in [0.29, 0.717) is 12.5 Å². The summed E-state index contributed by atoms with van der Waals surface area (Å²) in [7, 11) is 0. The van der Waals surface area contributed by atoms with Gasteiger partial charge in [0.25, 0.3) is 5.91 Å². The largest absolute Gasteiger partial charge is 0.350 e. The SMILES string of the molecule is O=C(NCCc1ccccc1Br)c1nc(N2CCCC2)ncc1Cl. The number of anilines is 1. The Morgan fingerprint density at radius 3 is 2.79 bits per heavy atom. The van der Waals surface area contributed by atoms with Crippen molar-refractivity contribution in [2.45, 2.75) is 19.3 Å². The molecule has 1 aliphatic heterocycles. The van der Waals surface area contributed by atoms with Crippen LogP contribution in [-0.2, 0) is 6.42 Å². The number of hydrogen-bond donors (Lipinski definition) is 1. The molecule has 2 aromatic rings. The maximum Gasteiger partial charge on any atom is 0.271 e. The second kappa shape index (κ2) is 7.94. The highest BCUT2D eigenvalue weighted by molar-refractivity contribution is 9.10. The number of amides is 1. The lowest BCUT2D eigenvalue weighted by atomic mass is 10.1. The van der Waals surface area contributed by atoms with Gasteiger partial charge in [0.05, 0.1) is 11.2 Å². The van der Waals surface area contributed by atoms with Crippen LogP contribution in [0.1, 0.15) is 28.9 Å². The Kier molecular flexibility index (Phi) is 5.68. The zero-order valence-electron chi connectivity index (χ0n) is 13.1. The van der Waals surface area contributed by atoms with Crippen molar-refractivity contribution >= 4 is 39.4 Å². The van der Waals surface area contributed by atoms with Gasteiger partial charge in [-0.3, -0.25) is 4.79 Å². The van der Waals surface area contributed by atoms with E-state index >= 15 is 0 Å². The van der Waals surface area contributed by atoms with Crippen molar-refractivity contribution in [2.75, 3.05) is 24.5 Å². The van der Waals surface area contributed by atoms with Crippen molar-refractivity contribution in [1.29, 1.82) is 0 Å². The van der Waals surface area contributed by atoms with Crippen LogP contribution in [0, 0.1) is 0 Å². The van der Waals surface area contributed by atoms with Crippen molar-refractivity contribution in [3.05, 3.63) is 51.2 Å². The number of benzene rings is 1. The minimum Gasteiger partial charge on any atom is -0.350 e. The molecular weight excluding hydrogens is 392 g/mol. The first kappa shape index (κ1) is 17.2. The van der Waals surface area contributed by atoms with Gasteiger partial charge >= 0.3 is 0 Å². The van der Waals surface area contributed by atoms with Gasteiger partial charge < -0.3 is 10.2 Å². The van der Waals surface area contributed by atoms with Crippen LogP contribution >= 0.6 is 27.5 Å². The van der Waals surface area contributed by atoms with Gasteiger partial charge in [-0.25, -0.2) is 9.97 Å². The van der Waals surface area contributed by atoms with Gasteiger partial charge in [-0.15, -0.1) is 0 Å². The number of hydrogen-bond acceptors (Lipinski definition) is 4. The predicted octanol–water partition coefficient (Wildman–Crippen LogP) is 3.47. The van der Waals surface area contributed by atoms with Crippen LogP contribution in [0.5, 0.6) is 0 Å². The topological polar surface area (TPSA) is 58.1 Å². The lowest BCUT2D eigenvalue weighted by Gasteiger charge is -2.16. The molecule has 1 aromatic heterocycles. The molecule has 1 amide bonds. The number of carbonyl (C=O) groups is 1. The molecule has 5 nitrogen and oxygen atoms in total. The minimum atomic E-state index is -0.269. The van der Waals surface area contributed by atoms with E-state index in [9.17, 15) is 4.79 Å². The van der Waals surface area contributed by atoms with Crippen LogP contribution in [-0.4, -0.2) is 35.5 Å². The second-order valence-corrected chi connectivity index (χ2v) is 6.92. The van der Waals surface area contributed by atoms with Gasteiger partial charge in [0, 0.05) is 24.1 Å². The summed E-state index contributed by atoms with van der Waals surface area (Å²) in [6.45, 7) is 2.36. The predicted molar refractivity (Wildman–Crippen MR) is 98.7 cm³/mol. The minimum absolute atomic E-state index is 0.237. The molecule has 0 atom stereocenters. The summed E-state index contributed by atoms with van der Waals surface area (Å²) >= 11 is 9.61. The summed E-state index contributed by atoms with van der Waals surface area (Å²) < 4.78 is 1.04. The number of rotatable bonds is 5. The highest BCUT2D eigenvalue weighted by atomic mass is 79.9. The van der Waals surface area contributed by atoms with Gasteiger partial charge in [-0.05, 0) is 30.9 Å². The molecule has 0 spiro atoms. The molecule has 0 aliphatic carbocycles. The smallest absolute Gasteiger partial charge is 0.271 e. The maximum atomic E-state index is 12.4. The molecule has 0 radical (unpaired) electrons. The summed E-state index contributed by atoms with van der Waals surface area (Å²) in [5, 5.41) is 3.15. The number of carbonyl (C=O) groups excluding carboxylic acids is 1. The zero-order valence-corrected chi connectivity index (χ0v) is 15.5. The van der Waals surface area contributed by atoms with E-state index in [-0.39, 0.29) is 16.6 Å². The standard InChI is InChI=1S/C17H18BrClN4O/c18-13-6-2-1-5-12(13)7-8-20-16(24)15-14(19)11-21-17(22-15)23-9-3-4-10-23/h1-2,5-6,11H,3-4,7-10H2,(H,20,24). The first-order valence-electron chi connectivity index (χ1n) is 7.94. The van der Waals surface area contributed by atoms with E-state index in [0.717, 1.165) is 42.4 Å². The lowest BCUT2D eigenvalue weighted by molar-refractivity contribution is 0.0949. The zero-order chi connectivity index (χ0) is 16.9. The van der Waals surface area contributed by atoms with Crippen LogP contribution in [0.15, 0.2) is 34.9 Å². The molecule has 2 heterocycles. The maximum absolute atomic E-state index is 12.4. The van der Waals surface area contributed by atoms with Gasteiger partial charge in [0.15, 0.2) is 5.69 Å². The summed E-state index contributed by atoms with van der Waals surface area (Å²) in [6.07, 6.45) is 4.48. The van der Waals surface area contributed by atoms with E-state index in [4.69, 9.17) is 11.6 Å². The summed E-state index contributed by atoms with van der Waals surface area (Å²) in [5.74, 6) is 0.308. The van der Waals surface area contributed by atoms with Gasteiger partial charge in [-0.1, -0.05) is 45.7 Å². The van der Waals surface area contributed by atoms with Crippen LogP contribution in [0.25, 0.3) is 0 Å². The van der Waals surface area contributed by atoms with Crippen LogP contribution < -0.4 is 10.2 Å². The van der Waals surface area contributed by atoms with Crippen molar-refractivity contribution in [2.24, 2.45) is 0 Å². The third-order valence-corrected chi connectivity index (χ3v) is 5.02. The highest BCUT2D eigenvalue weighted by Gasteiger charge is 2.19. The Balaban J connectivity index is 1.64. The van der Waals surface area contributed by atoms with Gasteiger partial charge in [-0.2, -0.15) is 0 Å². The number of aromatic nitrogens is 2. The van der Waals surface area contributed by atoms with Crippen molar-refractivity contribution in [3.8, 4) is 0 Å². The van der Waals surface area contributed by atoms with Crippen LogP contribution in [0.3, 0.4) is 0 Å². The Morgan fingerprint density at radius 1 is 1.29 bits per heavy atom. The molecule has 0 saturated carbocycles. The quantitative estimate of drug-likeness (QED) is 0.821.